The van der Waals surface area contributed by atoms with E-state index in [1.54, 1.807) is 23.7 Å². The van der Waals surface area contributed by atoms with Crippen LogP contribution in [-0.2, 0) is 6.42 Å². The van der Waals surface area contributed by atoms with Gasteiger partial charge in [0.2, 0.25) is 0 Å². The molecular weight excluding hydrogens is 595 g/mol. The summed E-state index contributed by atoms with van der Waals surface area (Å²) in [6, 6.07) is 29.3. The Kier molecular flexibility index (Phi) is 4.40. The second-order valence-electron chi connectivity index (χ2n) is 12.8. The minimum absolute atomic E-state index is 0.122. The summed E-state index contributed by atoms with van der Waals surface area (Å²) in [4.78, 5) is 17.5. The van der Waals surface area contributed by atoms with Crippen molar-refractivity contribution in [3.8, 4) is 16.1 Å². The largest absolute Gasteiger partial charge is 0.315 e. The van der Waals surface area contributed by atoms with E-state index in [0.717, 1.165) is 23.3 Å². The molecule has 0 radical (unpaired) electrons. The summed E-state index contributed by atoms with van der Waals surface area (Å²) in [5.41, 5.74) is 11.0. The van der Waals surface area contributed by atoms with E-state index in [4.69, 9.17) is 4.98 Å². The number of aromatic nitrogens is 4. The van der Waals surface area contributed by atoms with Crippen LogP contribution in [0.25, 0.3) is 82.5 Å². The Labute approximate surface area is 272 Å². The molecule has 6 heteroatoms. The number of benzene rings is 5. The van der Waals surface area contributed by atoms with E-state index in [-0.39, 0.29) is 6.04 Å². The van der Waals surface area contributed by atoms with Crippen molar-refractivity contribution in [1.82, 2.24) is 19.5 Å². The highest BCUT2D eigenvalue weighted by molar-refractivity contribution is 7.15. The fraction of sp³-hybridized carbons (Fsp3) is 0.0488. The molecule has 12 rings (SSSR count). The van der Waals surface area contributed by atoms with E-state index in [1.165, 1.54) is 87.1 Å². The van der Waals surface area contributed by atoms with Crippen molar-refractivity contribution in [1.29, 1.82) is 0 Å². The first-order valence-electron chi connectivity index (χ1n) is 16.0. The van der Waals surface area contributed by atoms with Crippen LogP contribution in [0.3, 0.4) is 0 Å². The van der Waals surface area contributed by atoms with Crippen LogP contribution in [0.1, 0.15) is 22.7 Å². The summed E-state index contributed by atoms with van der Waals surface area (Å²) in [6.07, 6.45) is 13.5. The molecule has 5 aromatic carbocycles. The van der Waals surface area contributed by atoms with Crippen molar-refractivity contribution >= 4 is 89.2 Å². The summed E-state index contributed by atoms with van der Waals surface area (Å²) >= 11 is 1.71. The smallest absolute Gasteiger partial charge is 0.133 e. The normalized spacial score (nSPS) is 15.8. The average Bonchev–Trinajstić information content (AvgIpc) is 3.82. The summed E-state index contributed by atoms with van der Waals surface area (Å²) in [6.45, 7) is 0. The van der Waals surface area contributed by atoms with Crippen LogP contribution in [0, 0.1) is 0 Å². The third kappa shape index (κ3) is 2.98. The number of hydrogen-bond donors (Lipinski definition) is 0. The quantitative estimate of drug-likeness (QED) is 0.185. The highest BCUT2D eigenvalue weighted by Crippen LogP contribution is 2.56. The van der Waals surface area contributed by atoms with Crippen molar-refractivity contribution in [3.63, 3.8) is 0 Å². The van der Waals surface area contributed by atoms with Crippen molar-refractivity contribution in [2.24, 2.45) is 0 Å². The summed E-state index contributed by atoms with van der Waals surface area (Å²) < 4.78 is 2.51. The Morgan fingerprint density at radius 3 is 2.64 bits per heavy atom. The molecule has 0 fully saturated rings. The molecule has 218 valence electrons. The van der Waals surface area contributed by atoms with Crippen molar-refractivity contribution in [2.75, 3.05) is 4.90 Å². The van der Waals surface area contributed by atoms with Crippen LogP contribution < -0.4 is 10.2 Å². The molecule has 47 heavy (non-hydrogen) atoms. The third-order valence-electron chi connectivity index (χ3n) is 10.5. The van der Waals surface area contributed by atoms with Crippen LogP contribution in [0.4, 0.5) is 11.5 Å². The number of pyridine rings is 1. The van der Waals surface area contributed by atoms with Crippen molar-refractivity contribution < 1.29 is 0 Å². The molecule has 0 saturated heterocycles. The molecule has 0 bridgehead atoms. The van der Waals surface area contributed by atoms with Gasteiger partial charge in [0.15, 0.2) is 0 Å². The van der Waals surface area contributed by atoms with Gasteiger partial charge in [-0.3, -0.25) is 9.97 Å². The number of fused-ring (bicyclic) bond motifs is 2. The lowest BCUT2D eigenvalue weighted by molar-refractivity contribution is 0.877. The second-order valence-corrected chi connectivity index (χ2v) is 13.7. The van der Waals surface area contributed by atoms with Gasteiger partial charge in [0, 0.05) is 45.8 Å². The first-order chi connectivity index (χ1) is 23.3. The Hall–Kier alpha value is -5.85. The standard InChI is InChI=1S/C41H23N5S/c1-2-16-43-33(3-1)46-31-14-9-22-7-12-29-36-34(22)38(31)39-32(46)15-10-23-8-13-30(37(36)35(23)39)45(29)27-11-6-24-19-26(5-4-25(24)20-27)41-40-28(21-47-41)42-17-18-44-40/h1-7,9-21,31H,8H2. The summed E-state index contributed by atoms with van der Waals surface area (Å²) in [7, 11) is 0. The molecule has 2 aliphatic carbocycles. The molecule has 1 atom stereocenters. The lowest BCUT2D eigenvalue weighted by Crippen LogP contribution is -2.19. The maximum Gasteiger partial charge on any atom is 0.133 e. The van der Waals surface area contributed by atoms with Crippen LogP contribution in [0.5, 0.6) is 0 Å². The van der Waals surface area contributed by atoms with Gasteiger partial charge >= 0.3 is 0 Å². The summed E-state index contributed by atoms with van der Waals surface area (Å²) in [5.74, 6) is 0.993. The Bertz CT molecular complexity index is 2950. The van der Waals surface area contributed by atoms with E-state index in [2.05, 4.69) is 116 Å². The van der Waals surface area contributed by atoms with Gasteiger partial charge in [-0.15, -0.1) is 11.3 Å². The molecule has 0 N–H and O–H groups in total. The van der Waals surface area contributed by atoms with Crippen LogP contribution in [0.15, 0.2) is 109 Å². The first-order valence-corrected chi connectivity index (χ1v) is 16.9. The van der Waals surface area contributed by atoms with Crippen LogP contribution in [-0.4, -0.2) is 19.5 Å². The SMILES string of the molecule is C1=CC2c3c4c(ccc5c4c4c(n(-c6ccc7cc(-c8scc9nccnc89)ccc7c6)c6ccc1c3c46)=CC5)N2c1ccccn1. The van der Waals surface area contributed by atoms with Gasteiger partial charge in [0.1, 0.15) is 16.9 Å². The lowest BCUT2D eigenvalue weighted by atomic mass is 9.83. The second kappa shape index (κ2) is 8.49. The number of nitrogens with zero attached hydrogens (tertiary/aromatic N) is 5. The molecule has 1 aliphatic heterocycles. The molecule has 0 saturated carbocycles. The van der Waals surface area contributed by atoms with Crippen LogP contribution in [0.2, 0.25) is 0 Å². The fourth-order valence-electron chi connectivity index (χ4n) is 8.68. The number of hydrogen-bond acceptors (Lipinski definition) is 5. The Balaban J connectivity index is 1.12. The predicted octanol–water partition coefficient (Wildman–Crippen LogP) is 9.43. The topological polar surface area (TPSA) is 46.8 Å². The molecule has 0 spiro atoms. The molecule has 3 aliphatic rings. The van der Waals surface area contributed by atoms with Crippen molar-refractivity contribution in [2.45, 2.75) is 12.5 Å². The predicted molar refractivity (Wildman–Crippen MR) is 194 cm³/mol. The molecular formula is C41H23N5S. The van der Waals surface area contributed by atoms with E-state index in [0.29, 0.717) is 0 Å². The summed E-state index contributed by atoms with van der Waals surface area (Å²) in [5, 5.41) is 12.8. The van der Waals surface area contributed by atoms with Crippen LogP contribution >= 0.6 is 11.3 Å². The Morgan fingerprint density at radius 1 is 0.745 bits per heavy atom. The minimum atomic E-state index is 0.122. The number of rotatable bonds is 3. The molecule has 0 amide bonds. The monoisotopic (exact) mass is 617 g/mol. The zero-order chi connectivity index (χ0) is 30.4. The van der Waals surface area contributed by atoms with E-state index in [9.17, 15) is 0 Å². The maximum absolute atomic E-state index is 4.81. The zero-order valence-corrected chi connectivity index (χ0v) is 25.8. The van der Waals surface area contributed by atoms with Gasteiger partial charge in [0.05, 0.1) is 27.5 Å². The first kappa shape index (κ1) is 24.4. The highest BCUT2D eigenvalue weighted by Gasteiger charge is 2.38. The maximum atomic E-state index is 4.81. The molecule has 5 heterocycles. The van der Waals surface area contributed by atoms with E-state index >= 15 is 0 Å². The minimum Gasteiger partial charge on any atom is -0.315 e. The van der Waals surface area contributed by atoms with Gasteiger partial charge in [-0.1, -0.05) is 54.6 Å². The van der Waals surface area contributed by atoms with E-state index < -0.39 is 0 Å². The van der Waals surface area contributed by atoms with Gasteiger partial charge in [-0.2, -0.15) is 0 Å². The van der Waals surface area contributed by atoms with Gasteiger partial charge < -0.3 is 9.47 Å². The number of thiophene rings is 1. The van der Waals surface area contributed by atoms with Gasteiger partial charge in [-0.25, -0.2) is 4.98 Å². The fourth-order valence-corrected chi connectivity index (χ4v) is 9.61. The molecule has 9 aromatic rings. The third-order valence-corrected chi connectivity index (χ3v) is 11.5. The van der Waals surface area contributed by atoms with Gasteiger partial charge in [-0.05, 0) is 92.7 Å². The zero-order valence-electron chi connectivity index (χ0n) is 25.0. The van der Waals surface area contributed by atoms with Crippen molar-refractivity contribution in [3.05, 3.63) is 131 Å². The lowest BCUT2D eigenvalue weighted by Gasteiger charge is -2.27. The molecule has 4 aromatic heterocycles. The van der Waals surface area contributed by atoms with E-state index in [1.807, 2.05) is 12.3 Å². The van der Waals surface area contributed by atoms with Gasteiger partial charge in [0.25, 0.3) is 0 Å². The molecule has 1 unspecified atom stereocenters. The average molecular weight is 618 g/mol. The highest BCUT2D eigenvalue weighted by atomic mass is 32.1. The number of anilines is 2. The molecule has 5 nitrogen and oxygen atoms in total. The Morgan fingerprint density at radius 2 is 1.68 bits per heavy atom.